The molecule has 0 bridgehead atoms. The third-order valence-electron chi connectivity index (χ3n) is 5.92. The molecule has 2 amide bonds. The van der Waals surface area contributed by atoms with E-state index in [1.807, 2.05) is 0 Å². The van der Waals surface area contributed by atoms with Crippen molar-refractivity contribution in [2.75, 3.05) is 18.5 Å². The smallest absolute Gasteiger partial charge is 0.386 e. The maximum atomic E-state index is 13.8. The van der Waals surface area contributed by atoms with Crippen molar-refractivity contribution in [1.82, 2.24) is 4.90 Å². The highest BCUT2D eigenvalue weighted by Crippen LogP contribution is 2.33. The van der Waals surface area contributed by atoms with Crippen molar-refractivity contribution in [1.29, 1.82) is 0 Å². The number of nitrogens with zero attached hydrogens (tertiary/aromatic N) is 2. The van der Waals surface area contributed by atoms with Gasteiger partial charge in [0.1, 0.15) is 6.54 Å². The Balaban J connectivity index is 1.97. The third-order valence-corrected chi connectivity index (χ3v) is 6.18. The number of ether oxygens (including phenoxy) is 1. The van der Waals surface area contributed by atoms with Crippen LogP contribution in [-0.2, 0) is 25.5 Å². The Kier molecular flexibility index (Phi) is 8.98. The van der Waals surface area contributed by atoms with Gasteiger partial charge in [0.05, 0.1) is 23.7 Å². The number of rotatable bonds is 8. The zero-order valence-corrected chi connectivity index (χ0v) is 20.8. The third kappa shape index (κ3) is 7.10. The van der Waals surface area contributed by atoms with Crippen LogP contribution in [0.3, 0.4) is 0 Å². The number of carbonyl (C=O) groups is 4. The van der Waals surface area contributed by atoms with Gasteiger partial charge < -0.3 is 20.3 Å². The number of amides is 2. The first-order valence-corrected chi connectivity index (χ1v) is 11.9. The van der Waals surface area contributed by atoms with Crippen LogP contribution in [0.5, 0.6) is 0 Å². The predicted molar refractivity (Wildman–Crippen MR) is 132 cm³/mol. The van der Waals surface area contributed by atoms with Crippen molar-refractivity contribution in [3.05, 3.63) is 65.2 Å². The molecule has 0 fully saturated rings. The van der Waals surface area contributed by atoms with Crippen molar-refractivity contribution < 1.29 is 37.1 Å². The molecule has 12 heteroatoms. The van der Waals surface area contributed by atoms with E-state index >= 15 is 0 Å². The molecule has 1 aliphatic heterocycles. The molecule has 0 saturated carbocycles. The summed E-state index contributed by atoms with van der Waals surface area (Å²) in [6.07, 6.45) is -4.18. The van der Waals surface area contributed by atoms with Gasteiger partial charge in [0, 0.05) is 12.4 Å². The molecule has 1 heterocycles. The zero-order valence-electron chi connectivity index (χ0n) is 19.9. The summed E-state index contributed by atoms with van der Waals surface area (Å²) in [6, 6.07) is 12.0. The Morgan fingerprint density at radius 2 is 1.81 bits per heavy atom. The summed E-state index contributed by atoms with van der Waals surface area (Å²) in [5.41, 5.74) is 7.43. The molecule has 1 aliphatic rings. The van der Waals surface area contributed by atoms with Crippen LogP contribution in [0.1, 0.15) is 46.8 Å². The maximum absolute atomic E-state index is 13.8. The van der Waals surface area contributed by atoms with Gasteiger partial charge in [-0.15, -0.1) is 0 Å². The van der Waals surface area contributed by atoms with Gasteiger partial charge in [-0.05, 0) is 42.5 Å². The summed E-state index contributed by atoms with van der Waals surface area (Å²) < 4.78 is 41.8. The Morgan fingerprint density at radius 1 is 1.14 bits per heavy atom. The number of aryl methyl sites for hydroxylation is 1. The molecule has 37 heavy (non-hydrogen) atoms. The minimum atomic E-state index is -5.36. The molecular weight excluding hydrogens is 511 g/mol. The quantitative estimate of drug-likeness (QED) is 0.231. The molecule has 2 unspecified atom stereocenters. The van der Waals surface area contributed by atoms with Gasteiger partial charge in [0.2, 0.25) is 5.91 Å². The van der Waals surface area contributed by atoms with E-state index in [4.69, 9.17) is 5.73 Å². The van der Waals surface area contributed by atoms with E-state index in [9.17, 15) is 32.3 Å². The van der Waals surface area contributed by atoms with Crippen LogP contribution in [0.2, 0.25) is 0 Å². The molecule has 8 nitrogen and oxygen atoms in total. The zero-order chi connectivity index (χ0) is 27.3. The number of nitrogens with two attached hydrogens (primary N) is 1. The fourth-order valence-corrected chi connectivity index (χ4v) is 4.21. The molecule has 0 spiro atoms. The number of alkyl halides is 3. The van der Waals surface area contributed by atoms with Crippen LogP contribution < -0.4 is 10.6 Å². The number of hydrogen-bond acceptors (Lipinski definition) is 7. The number of benzene rings is 2. The Hall–Kier alpha value is -3.38. The highest BCUT2D eigenvalue weighted by Gasteiger charge is 2.43. The largest absolute Gasteiger partial charge is 0.491 e. The van der Waals surface area contributed by atoms with Gasteiger partial charge in [-0.25, -0.2) is 4.79 Å². The van der Waals surface area contributed by atoms with Crippen molar-refractivity contribution in [2.45, 2.75) is 43.3 Å². The summed E-state index contributed by atoms with van der Waals surface area (Å²) in [4.78, 5) is 52.7. The first kappa shape index (κ1) is 28.2. The minimum Gasteiger partial charge on any atom is -0.386 e. The average Bonchev–Trinajstić information content (AvgIpc) is 2.92. The van der Waals surface area contributed by atoms with Crippen LogP contribution in [0.4, 0.5) is 18.9 Å². The van der Waals surface area contributed by atoms with E-state index in [2.05, 4.69) is 17.4 Å². The highest BCUT2D eigenvalue weighted by molar-refractivity contribution is 7.80. The SMILES string of the molecule is CN1C(=O)CN(C(CC(=O)OC(=O)C(F)(F)F)c2ccccc2)C(=O)c2cc(CCCC(N)S)ccc21. The topological polar surface area (TPSA) is 110 Å². The normalized spacial score (nSPS) is 15.6. The summed E-state index contributed by atoms with van der Waals surface area (Å²) in [5, 5.41) is -0.280. The molecular formula is C25H26F3N3O5S. The second-order valence-electron chi connectivity index (χ2n) is 8.59. The lowest BCUT2D eigenvalue weighted by Crippen LogP contribution is -2.41. The fourth-order valence-electron chi connectivity index (χ4n) is 4.03. The molecule has 2 N–H and O–H groups in total. The number of esters is 2. The number of likely N-dealkylation sites (N-methyl/N-ethyl adjacent to an activating group) is 1. The standard InChI is InChI=1S/C25H26F3N3O5S/c1-30-18-11-10-15(6-5-9-20(29)37)12-17(18)23(34)31(14-21(30)32)19(16-7-3-2-4-8-16)13-22(33)36-24(35)25(26,27)28/h2-4,7-8,10-12,19-20,37H,5-6,9,13-14,29H2,1H3. The number of halogens is 3. The van der Waals surface area contributed by atoms with Crippen LogP contribution >= 0.6 is 12.6 Å². The van der Waals surface area contributed by atoms with Gasteiger partial charge in [-0.3, -0.25) is 14.4 Å². The lowest BCUT2D eigenvalue weighted by atomic mass is 9.99. The van der Waals surface area contributed by atoms with Gasteiger partial charge >= 0.3 is 18.1 Å². The van der Waals surface area contributed by atoms with Crippen LogP contribution in [0.25, 0.3) is 0 Å². The molecule has 0 radical (unpaired) electrons. The maximum Gasteiger partial charge on any atom is 0.491 e. The second-order valence-corrected chi connectivity index (χ2v) is 9.25. The highest BCUT2D eigenvalue weighted by atomic mass is 32.1. The van der Waals surface area contributed by atoms with E-state index in [0.29, 0.717) is 30.5 Å². The monoisotopic (exact) mass is 537 g/mol. The number of carbonyl (C=O) groups excluding carboxylic acids is 4. The Morgan fingerprint density at radius 3 is 2.43 bits per heavy atom. The number of thiol groups is 1. The number of fused-ring (bicyclic) bond motifs is 1. The number of hydrogen-bond donors (Lipinski definition) is 2. The van der Waals surface area contributed by atoms with Gasteiger partial charge in [0.25, 0.3) is 5.91 Å². The molecule has 0 aliphatic carbocycles. The fraction of sp³-hybridized carbons (Fsp3) is 0.360. The Labute approximate surface area is 216 Å². The van der Waals surface area contributed by atoms with Gasteiger partial charge in [0.15, 0.2) is 0 Å². The van der Waals surface area contributed by atoms with Gasteiger partial charge in [-0.2, -0.15) is 25.8 Å². The number of anilines is 1. The van der Waals surface area contributed by atoms with Crippen LogP contribution in [0.15, 0.2) is 48.5 Å². The van der Waals surface area contributed by atoms with E-state index in [0.717, 1.165) is 10.5 Å². The lowest BCUT2D eigenvalue weighted by molar-refractivity contribution is -0.202. The summed E-state index contributed by atoms with van der Waals surface area (Å²) >= 11 is 4.16. The molecule has 2 atom stereocenters. The van der Waals surface area contributed by atoms with E-state index < -0.39 is 48.9 Å². The van der Waals surface area contributed by atoms with Crippen LogP contribution in [-0.4, -0.2) is 53.8 Å². The first-order valence-electron chi connectivity index (χ1n) is 11.4. The predicted octanol–water partition coefficient (Wildman–Crippen LogP) is 3.41. The average molecular weight is 538 g/mol. The van der Waals surface area contributed by atoms with Crippen molar-refractivity contribution in [3.63, 3.8) is 0 Å². The van der Waals surface area contributed by atoms with Crippen molar-refractivity contribution in [3.8, 4) is 0 Å². The first-order chi connectivity index (χ1) is 17.4. The summed E-state index contributed by atoms with van der Waals surface area (Å²) in [5.74, 6) is -5.20. The molecule has 0 saturated heterocycles. The second kappa shape index (κ2) is 11.8. The van der Waals surface area contributed by atoms with Crippen molar-refractivity contribution in [2.24, 2.45) is 5.73 Å². The minimum absolute atomic E-state index is 0.196. The van der Waals surface area contributed by atoms with E-state index in [-0.39, 0.29) is 10.9 Å². The van der Waals surface area contributed by atoms with Crippen molar-refractivity contribution >= 4 is 42.1 Å². The van der Waals surface area contributed by atoms with Gasteiger partial charge in [-0.1, -0.05) is 36.4 Å². The molecule has 198 valence electrons. The summed E-state index contributed by atoms with van der Waals surface area (Å²) in [6.45, 7) is -0.450. The molecule has 2 aromatic carbocycles. The Bertz CT molecular complexity index is 1170. The molecule has 0 aromatic heterocycles. The molecule has 2 aromatic rings. The van der Waals surface area contributed by atoms with E-state index in [1.54, 1.807) is 48.5 Å². The van der Waals surface area contributed by atoms with E-state index in [1.165, 1.54) is 11.9 Å². The summed E-state index contributed by atoms with van der Waals surface area (Å²) in [7, 11) is 1.51. The lowest BCUT2D eigenvalue weighted by Gasteiger charge is -2.30. The van der Waals surface area contributed by atoms with Crippen LogP contribution in [0, 0.1) is 0 Å². The molecule has 3 rings (SSSR count).